The van der Waals surface area contributed by atoms with E-state index in [0.717, 1.165) is 31.8 Å². The number of nitrogens with two attached hydrogens (primary N) is 1. The van der Waals surface area contributed by atoms with E-state index in [9.17, 15) is 0 Å². The molecule has 0 amide bonds. The largest absolute Gasteiger partial charge is 0.491 e. The maximum atomic E-state index is 5.76. The molecule has 0 heterocycles. The van der Waals surface area contributed by atoms with E-state index in [2.05, 4.69) is 13.8 Å². The summed E-state index contributed by atoms with van der Waals surface area (Å²) in [6.45, 7) is 6.63. The van der Waals surface area contributed by atoms with Gasteiger partial charge in [-0.05, 0) is 24.5 Å². The molecular weight excluding hydrogens is 214 g/mol. The maximum absolute atomic E-state index is 5.76. The van der Waals surface area contributed by atoms with Crippen LogP contribution in [0.2, 0.25) is 0 Å². The highest BCUT2D eigenvalue weighted by Gasteiger charge is 1.98. The van der Waals surface area contributed by atoms with Gasteiger partial charge in [-0.25, -0.2) is 0 Å². The Morgan fingerprint density at radius 3 is 2.59 bits per heavy atom. The molecule has 0 saturated carbocycles. The molecule has 0 aromatic heterocycles. The SMILES string of the molecule is CC(C)CCOCCCOc1ccccc1N. The average molecular weight is 237 g/mol. The monoisotopic (exact) mass is 237 g/mol. The highest BCUT2D eigenvalue weighted by atomic mass is 16.5. The lowest BCUT2D eigenvalue weighted by molar-refractivity contribution is 0.110. The number of rotatable bonds is 8. The molecule has 2 N–H and O–H groups in total. The van der Waals surface area contributed by atoms with Crippen molar-refractivity contribution in [3.8, 4) is 5.75 Å². The van der Waals surface area contributed by atoms with Gasteiger partial charge in [-0.1, -0.05) is 26.0 Å². The molecule has 0 spiro atoms. The molecule has 1 rings (SSSR count). The third-order valence-electron chi connectivity index (χ3n) is 2.45. The Morgan fingerprint density at radius 1 is 1.12 bits per heavy atom. The van der Waals surface area contributed by atoms with E-state index in [1.165, 1.54) is 0 Å². The number of hydrogen-bond donors (Lipinski definition) is 1. The zero-order chi connectivity index (χ0) is 12.5. The first-order chi connectivity index (χ1) is 8.20. The van der Waals surface area contributed by atoms with Crippen molar-refractivity contribution in [3.05, 3.63) is 24.3 Å². The van der Waals surface area contributed by atoms with Gasteiger partial charge in [0.05, 0.1) is 12.3 Å². The second kappa shape index (κ2) is 7.96. The smallest absolute Gasteiger partial charge is 0.142 e. The van der Waals surface area contributed by atoms with Crippen LogP contribution in [-0.4, -0.2) is 19.8 Å². The summed E-state index contributed by atoms with van der Waals surface area (Å²) in [4.78, 5) is 0. The molecule has 0 radical (unpaired) electrons. The van der Waals surface area contributed by atoms with Gasteiger partial charge < -0.3 is 15.2 Å². The molecule has 0 aliphatic carbocycles. The lowest BCUT2D eigenvalue weighted by Crippen LogP contribution is -2.06. The van der Waals surface area contributed by atoms with Crippen LogP contribution in [0, 0.1) is 5.92 Å². The molecule has 3 nitrogen and oxygen atoms in total. The van der Waals surface area contributed by atoms with Crippen LogP contribution >= 0.6 is 0 Å². The summed E-state index contributed by atoms with van der Waals surface area (Å²) in [6.07, 6.45) is 2.01. The fourth-order valence-electron chi connectivity index (χ4n) is 1.38. The van der Waals surface area contributed by atoms with Crippen molar-refractivity contribution in [2.24, 2.45) is 5.92 Å². The number of hydrogen-bond acceptors (Lipinski definition) is 3. The van der Waals surface area contributed by atoms with Crippen LogP contribution in [0.1, 0.15) is 26.7 Å². The van der Waals surface area contributed by atoms with Gasteiger partial charge in [-0.15, -0.1) is 0 Å². The van der Waals surface area contributed by atoms with Gasteiger partial charge >= 0.3 is 0 Å². The van der Waals surface area contributed by atoms with Crippen LogP contribution in [0.25, 0.3) is 0 Å². The lowest BCUT2D eigenvalue weighted by Gasteiger charge is -2.09. The van der Waals surface area contributed by atoms with Gasteiger partial charge in [0.1, 0.15) is 5.75 Å². The fraction of sp³-hybridized carbons (Fsp3) is 0.571. The number of anilines is 1. The Hall–Kier alpha value is -1.22. The van der Waals surface area contributed by atoms with Gasteiger partial charge in [0.15, 0.2) is 0 Å². The fourth-order valence-corrected chi connectivity index (χ4v) is 1.38. The minimum atomic E-state index is 0.649. The zero-order valence-corrected chi connectivity index (χ0v) is 10.8. The van der Waals surface area contributed by atoms with Crippen molar-refractivity contribution >= 4 is 5.69 Å². The highest BCUT2D eigenvalue weighted by molar-refractivity contribution is 5.51. The normalized spacial score (nSPS) is 10.8. The van der Waals surface area contributed by atoms with E-state index in [1.807, 2.05) is 24.3 Å². The van der Waals surface area contributed by atoms with Gasteiger partial charge in [0.25, 0.3) is 0 Å². The van der Waals surface area contributed by atoms with Crippen LogP contribution in [0.3, 0.4) is 0 Å². The molecule has 1 aromatic rings. The van der Waals surface area contributed by atoms with E-state index < -0.39 is 0 Å². The predicted molar refractivity (Wildman–Crippen MR) is 71.2 cm³/mol. The van der Waals surface area contributed by atoms with Crippen molar-refractivity contribution in [2.45, 2.75) is 26.7 Å². The molecule has 0 aliphatic rings. The quantitative estimate of drug-likeness (QED) is 0.558. The Labute approximate surface area is 104 Å². The van der Waals surface area contributed by atoms with Crippen molar-refractivity contribution in [3.63, 3.8) is 0 Å². The summed E-state index contributed by atoms with van der Waals surface area (Å²) in [7, 11) is 0. The van der Waals surface area contributed by atoms with Gasteiger partial charge in [0.2, 0.25) is 0 Å². The summed E-state index contributed by atoms with van der Waals surface area (Å²) in [5.41, 5.74) is 6.45. The molecule has 0 bridgehead atoms. The molecule has 0 saturated heterocycles. The second-order valence-corrected chi connectivity index (χ2v) is 4.53. The molecule has 96 valence electrons. The standard InChI is InChI=1S/C14H23NO2/c1-12(2)8-11-16-9-5-10-17-14-7-4-3-6-13(14)15/h3-4,6-7,12H,5,8-11,15H2,1-2H3. The lowest BCUT2D eigenvalue weighted by atomic mass is 10.1. The molecular formula is C14H23NO2. The van der Waals surface area contributed by atoms with Gasteiger partial charge in [0, 0.05) is 19.6 Å². The van der Waals surface area contributed by atoms with E-state index in [4.69, 9.17) is 15.2 Å². The maximum Gasteiger partial charge on any atom is 0.142 e. The van der Waals surface area contributed by atoms with Crippen LogP contribution in [0.4, 0.5) is 5.69 Å². The Morgan fingerprint density at radius 2 is 1.88 bits per heavy atom. The molecule has 0 atom stereocenters. The van der Waals surface area contributed by atoms with E-state index in [1.54, 1.807) is 0 Å². The van der Waals surface area contributed by atoms with Crippen molar-refractivity contribution in [1.82, 2.24) is 0 Å². The first-order valence-corrected chi connectivity index (χ1v) is 6.25. The first kappa shape index (κ1) is 13.8. The minimum Gasteiger partial charge on any atom is -0.491 e. The summed E-state index contributed by atoms with van der Waals surface area (Å²) in [5.74, 6) is 1.46. The van der Waals surface area contributed by atoms with Gasteiger partial charge in [-0.3, -0.25) is 0 Å². The molecule has 1 aromatic carbocycles. The summed E-state index contributed by atoms with van der Waals surface area (Å²) < 4.78 is 11.1. The third-order valence-corrected chi connectivity index (χ3v) is 2.45. The Balaban J connectivity index is 2.03. The van der Waals surface area contributed by atoms with Crippen LogP contribution in [-0.2, 0) is 4.74 Å². The number of ether oxygens (including phenoxy) is 2. The number of para-hydroxylation sites is 2. The number of nitrogen functional groups attached to an aromatic ring is 1. The summed E-state index contributed by atoms with van der Waals surface area (Å²) >= 11 is 0. The third kappa shape index (κ3) is 6.17. The first-order valence-electron chi connectivity index (χ1n) is 6.25. The second-order valence-electron chi connectivity index (χ2n) is 4.53. The van der Waals surface area contributed by atoms with Crippen LogP contribution < -0.4 is 10.5 Å². The average Bonchev–Trinajstić information content (AvgIpc) is 2.30. The number of benzene rings is 1. The topological polar surface area (TPSA) is 44.5 Å². The molecule has 0 unspecified atom stereocenters. The van der Waals surface area contributed by atoms with Crippen molar-refractivity contribution in [1.29, 1.82) is 0 Å². The predicted octanol–water partition coefficient (Wildman–Crippen LogP) is 3.10. The van der Waals surface area contributed by atoms with E-state index >= 15 is 0 Å². The van der Waals surface area contributed by atoms with Crippen LogP contribution in [0.5, 0.6) is 5.75 Å². The molecule has 17 heavy (non-hydrogen) atoms. The Bertz CT molecular complexity index is 313. The molecule has 3 heteroatoms. The van der Waals surface area contributed by atoms with Crippen molar-refractivity contribution < 1.29 is 9.47 Å². The van der Waals surface area contributed by atoms with E-state index in [0.29, 0.717) is 18.2 Å². The van der Waals surface area contributed by atoms with E-state index in [-0.39, 0.29) is 0 Å². The summed E-state index contributed by atoms with van der Waals surface area (Å²) in [5, 5.41) is 0. The van der Waals surface area contributed by atoms with Crippen molar-refractivity contribution in [2.75, 3.05) is 25.6 Å². The molecule has 0 fully saturated rings. The zero-order valence-electron chi connectivity index (χ0n) is 10.8. The summed E-state index contributed by atoms with van der Waals surface area (Å²) in [6, 6.07) is 7.55. The Kier molecular flexibility index (Phi) is 6.48. The van der Waals surface area contributed by atoms with Gasteiger partial charge in [-0.2, -0.15) is 0 Å². The minimum absolute atomic E-state index is 0.649. The van der Waals surface area contributed by atoms with Crippen LogP contribution in [0.15, 0.2) is 24.3 Å². The highest BCUT2D eigenvalue weighted by Crippen LogP contribution is 2.19. The molecule has 0 aliphatic heterocycles.